The van der Waals surface area contributed by atoms with Gasteiger partial charge in [-0.25, -0.2) is 0 Å². The molecule has 0 radical (unpaired) electrons. The monoisotopic (exact) mass is 382 g/mol. The molecule has 0 N–H and O–H groups in total. The number of carbonyl (C=O) groups excluding carboxylic acids is 2. The largest absolute Gasteiger partial charge is 0.493 e. The van der Waals surface area contributed by atoms with Crippen molar-refractivity contribution in [1.82, 2.24) is 0 Å². The maximum Gasteiger partial charge on any atom is 0.306 e. The van der Waals surface area contributed by atoms with Crippen LogP contribution in [0.3, 0.4) is 0 Å². The Kier molecular flexibility index (Phi) is 6.69. The van der Waals surface area contributed by atoms with Gasteiger partial charge in [-0.1, -0.05) is 18.2 Å². The van der Waals surface area contributed by atoms with Crippen LogP contribution < -0.4 is 9.47 Å². The summed E-state index contributed by atoms with van der Waals surface area (Å²) in [6, 6.07) is 11.3. The SMILES string of the molecule is COc1ccc(CCC(=O)OCC(=O)c2ccc3c(c2)CCCC3)cc1OC. The van der Waals surface area contributed by atoms with Gasteiger partial charge in [-0.2, -0.15) is 0 Å². The fraction of sp³-hybridized carbons (Fsp3) is 0.391. The minimum absolute atomic E-state index is 0.159. The van der Waals surface area contributed by atoms with Crippen LogP contribution in [0.4, 0.5) is 0 Å². The van der Waals surface area contributed by atoms with Gasteiger partial charge in [0.25, 0.3) is 0 Å². The van der Waals surface area contributed by atoms with Crippen LogP contribution >= 0.6 is 0 Å². The third kappa shape index (κ3) is 4.91. The summed E-state index contributed by atoms with van der Waals surface area (Å²) in [5.74, 6) is 0.717. The highest BCUT2D eigenvalue weighted by atomic mass is 16.5. The standard InChI is InChI=1S/C23H26O5/c1-26-21-11-7-16(13-22(21)27-2)8-12-23(25)28-15-20(24)19-10-9-17-5-3-4-6-18(17)14-19/h7,9-11,13-14H,3-6,8,12,15H2,1-2H3. The summed E-state index contributed by atoms with van der Waals surface area (Å²) >= 11 is 0. The molecule has 0 bridgehead atoms. The lowest BCUT2D eigenvalue weighted by Crippen LogP contribution is -2.15. The second kappa shape index (κ2) is 9.40. The maximum atomic E-state index is 12.4. The van der Waals surface area contributed by atoms with Gasteiger partial charge in [0.1, 0.15) is 0 Å². The number of fused-ring (bicyclic) bond motifs is 1. The summed E-state index contributed by atoms with van der Waals surface area (Å²) in [6.07, 6.45) is 5.17. The van der Waals surface area contributed by atoms with Gasteiger partial charge in [0.15, 0.2) is 23.9 Å². The summed E-state index contributed by atoms with van der Waals surface area (Å²) in [7, 11) is 3.15. The number of ketones is 1. The fourth-order valence-electron chi connectivity index (χ4n) is 3.49. The van der Waals surface area contributed by atoms with Crippen LogP contribution in [0.1, 0.15) is 46.3 Å². The average molecular weight is 382 g/mol. The molecule has 0 spiro atoms. The highest BCUT2D eigenvalue weighted by molar-refractivity contribution is 5.98. The lowest BCUT2D eigenvalue weighted by molar-refractivity contribution is -0.142. The number of carbonyl (C=O) groups is 2. The van der Waals surface area contributed by atoms with Crippen molar-refractivity contribution in [2.75, 3.05) is 20.8 Å². The zero-order valence-electron chi connectivity index (χ0n) is 16.5. The molecule has 0 heterocycles. The van der Waals surface area contributed by atoms with Gasteiger partial charge in [0.2, 0.25) is 0 Å². The van der Waals surface area contributed by atoms with Crippen LogP contribution in [0.15, 0.2) is 36.4 Å². The summed E-state index contributed by atoms with van der Waals surface area (Å²) in [4.78, 5) is 24.4. The fourth-order valence-corrected chi connectivity index (χ4v) is 3.49. The first-order valence-corrected chi connectivity index (χ1v) is 9.62. The molecule has 2 aromatic rings. The summed E-state index contributed by atoms with van der Waals surface area (Å²) in [5, 5.41) is 0. The molecular weight excluding hydrogens is 356 g/mol. The molecule has 0 aliphatic heterocycles. The van der Waals surface area contributed by atoms with Gasteiger partial charge >= 0.3 is 5.97 Å². The molecule has 0 saturated carbocycles. The minimum Gasteiger partial charge on any atom is -0.493 e. The molecule has 3 rings (SSSR count). The van der Waals surface area contributed by atoms with E-state index in [0.29, 0.717) is 23.5 Å². The van der Waals surface area contributed by atoms with E-state index in [1.165, 1.54) is 17.5 Å². The van der Waals surface area contributed by atoms with E-state index < -0.39 is 0 Å². The van der Waals surface area contributed by atoms with Crippen LogP contribution in [0, 0.1) is 0 Å². The minimum atomic E-state index is -0.388. The molecule has 28 heavy (non-hydrogen) atoms. The second-order valence-corrected chi connectivity index (χ2v) is 6.96. The quantitative estimate of drug-likeness (QED) is 0.511. The number of esters is 1. The first-order valence-electron chi connectivity index (χ1n) is 9.62. The van der Waals surface area contributed by atoms with Crippen molar-refractivity contribution in [2.24, 2.45) is 0 Å². The van der Waals surface area contributed by atoms with Crippen molar-refractivity contribution in [3.63, 3.8) is 0 Å². The van der Waals surface area contributed by atoms with E-state index in [-0.39, 0.29) is 24.8 Å². The van der Waals surface area contributed by atoms with Crippen LogP contribution in [0.5, 0.6) is 11.5 Å². The topological polar surface area (TPSA) is 61.8 Å². The van der Waals surface area contributed by atoms with Crippen LogP contribution in [-0.4, -0.2) is 32.6 Å². The van der Waals surface area contributed by atoms with E-state index in [4.69, 9.17) is 14.2 Å². The molecular formula is C23H26O5. The summed E-state index contributed by atoms with van der Waals surface area (Å²) < 4.78 is 15.7. The van der Waals surface area contributed by atoms with Gasteiger partial charge in [0.05, 0.1) is 14.2 Å². The Bertz CT molecular complexity index is 856. The molecule has 148 valence electrons. The van der Waals surface area contributed by atoms with E-state index in [0.717, 1.165) is 24.8 Å². The third-order valence-electron chi connectivity index (χ3n) is 5.10. The number of rotatable bonds is 8. The third-order valence-corrected chi connectivity index (χ3v) is 5.10. The van der Waals surface area contributed by atoms with Crippen molar-refractivity contribution in [3.8, 4) is 11.5 Å². The summed E-state index contributed by atoms with van der Waals surface area (Å²) in [6.45, 7) is -0.219. The molecule has 0 unspecified atom stereocenters. The molecule has 0 saturated heterocycles. The molecule has 0 amide bonds. The van der Waals surface area contributed by atoms with E-state index in [1.807, 2.05) is 30.3 Å². The Balaban J connectivity index is 1.49. The van der Waals surface area contributed by atoms with Crippen LogP contribution in [0.25, 0.3) is 0 Å². The predicted octanol–water partition coefficient (Wildman–Crippen LogP) is 3.94. The number of aryl methyl sites for hydroxylation is 3. The van der Waals surface area contributed by atoms with Crippen molar-refractivity contribution in [3.05, 3.63) is 58.7 Å². The molecule has 0 atom stereocenters. The van der Waals surface area contributed by atoms with E-state index >= 15 is 0 Å². The molecule has 0 fully saturated rings. The number of hydrogen-bond acceptors (Lipinski definition) is 5. The van der Waals surface area contributed by atoms with Crippen molar-refractivity contribution in [2.45, 2.75) is 38.5 Å². The van der Waals surface area contributed by atoms with Gasteiger partial charge in [-0.15, -0.1) is 0 Å². The molecule has 1 aliphatic rings. The first kappa shape index (κ1) is 19.9. The molecule has 0 aromatic heterocycles. The number of ether oxygens (including phenoxy) is 3. The highest BCUT2D eigenvalue weighted by Gasteiger charge is 2.15. The van der Waals surface area contributed by atoms with Gasteiger partial charge in [0, 0.05) is 12.0 Å². The van der Waals surface area contributed by atoms with E-state index in [2.05, 4.69) is 0 Å². The Labute approximate surface area is 165 Å². The number of methoxy groups -OCH3 is 2. The van der Waals surface area contributed by atoms with Crippen molar-refractivity contribution < 1.29 is 23.8 Å². The lowest BCUT2D eigenvalue weighted by atomic mass is 9.90. The van der Waals surface area contributed by atoms with Crippen LogP contribution in [-0.2, 0) is 28.8 Å². The van der Waals surface area contributed by atoms with Crippen molar-refractivity contribution >= 4 is 11.8 Å². The summed E-state index contributed by atoms with van der Waals surface area (Å²) in [5.41, 5.74) is 4.13. The Morgan fingerprint density at radius 3 is 2.39 bits per heavy atom. The van der Waals surface area contributed by atoms with Gasteiger partial charge in [-0.3, -0.25) is 9.59 Å². The molecule has 1 aliphatic carbocycles. The van der Waals surface area contributed by atoms with Gasteiger partial charge < -0.3 is 14.2 Å². The Morgan fingerprint density at radius 1 is 0.893 bits per heavy atom. The Morgan fingerprint density at radius 2 is 1.64 bits per heavy atom. The van der Waals surface area contributed by atoms with E-state index in [1.54, 1.807) is 20.3 Å². The maximum absolute atomic E-state index is 12.4. The van der Waals surface area contributed by atoms with Crippen LogP contribution in [0.2, 0.25) is 0 Å². The molecule has 5 heteroatoms. The first-order chi connectivity index (χ1) is 13.6. The molecule has 5 nitrogen and oxygen atoms in total. The van der Waals surface area contributed by atoms with Crippen molar-refractivity contribution in [1.29, 1.82) is 0 Å². The number of hydrogen-bond donors (Lipinski definition) is 0. The van der Waals surface area contributed by atoms with E-state index in [9.17, 15) is 9.59 Å². The zero-order chi connectivity index (χ0) is 19.9. The Hall–Kier alpha value is -2.82. The highest BCUT2D eigenvalue weighted by Crippen LogP contribution is 2.28. The zero-order valence-corrected chi connectivity index (χ0v) is 16.5. The predicted molar refractivity (Wildman–Crippen MR) is 106 cm³/mol. The van der Waals surface area contributed by atoms with Gasteiger partial charge in [-0.05, 0) is 67.0 Å². The average Bonchev–Trinajstić information content (AvgIpc) is 2.75. The smallest absolute Gasteiger partial charge is 0.306 e. The lowest BCUT2D eigenvalue weighted by Gasteiger charge is -2.16. The normalized spacial score (nSPS) is 12.8. The number of Topliss-reactive ketones (excluding diaryl/α,β-unsaturated/α-hetero) is 1. The number of benzene rings is 2. The second-order valence-electron chi connectivity index (χ2n) is 6.96. The molecule has 2 aromatic carbocycles.